The van der Waals surface area contributed by atoms with Crippen LogP contribution in [0.3, 0.4) is 0 Å². The molecule has 2 bridgehead atoms. The standard InChI is InChI=1S/C13H22N2O4/c1-9(16)19-7-11-6-10-4-5-15(11)8-13(10,14-2)12(17)18-3/h10-11,14H,4-8H2,1-3H3. The number of fused-ring (bicyclic) bond motifs is 3. The molecule has 19 heavy (non-hydrogen) atoms. The van der Waals surface area contributed by atoms with Crippen molar-refractivity contribution in [2.45, 2.75) is 31.3 Å². The van der Waals surface area contributed by atoms with E-state index in [1.54, 1.807) is 7.05 Å². The van der Waals surface area contributed by atoms with Gasteiger partial charge in [0.1, 0.15) is 12.1 Å². The van der Waals surface area contributed by atoms with Gasteiger partial charge in [-0.3, -0.25) is 9.69 Å². The van der Waals surface area contributed by atoms with E-state index >= 15 is 0 Å². The lowest BCUT2D eigenvalue weighted by Crippen LogP contribution is -2.72. The summed E-state index contributed by atoms with van der Waals surface area (Å²) in [4.78, 5) is 25.2. The fraction of sp³-hybridized carbons (Fsp3) is 0.846. The van der Waals surface area contributed by atoms with Crippen molar-refractivity contribution in [2.75, 3.05) is 33.9 Å². The van der Waals surface area contributed by atoms with Crippen LogP contribution in [0.5, 0.6) is 0 Å². The predicted molar refractivity (Wildman–Crippen MR) is 68.5 cm³/mol. The van der Waals surface area contributed by atoms with E-state index in [2.05, 4.69) is 10.2 Å². The number of nitrogens with zero attached hydrogens (tertiary/aromatic N) is 1. The van der Waals surface area contributed by atoms with E-state index in [4.69, 9.17) is 9.47 Å². The van der Waals surface area contributed by atoms with Crippen LogP contribution >= 0.6 is 0 Å². The van der Waals surface area contributed by atoms with Crippen molar-refractivity contribution in [2.24, 2.45) is 5.92 Å². The van der Waals surface area contributed by atoms with Crippen LogP contribution in [-0.2, 0) is 19.1 Å². The van der Waals surface area contributed by atoms with E-state index in [1.807, 2.05) is 0 Å². The number of hydrogen-bond donors (Lipinski definition) is 1. The molecule has 4 unspecified atom stereocenters. The van der Waals surface area contributed by atoms with Gasteiger partial charge in [-0.25, -0.2) is 4.79 Å². The Balaban J connectivity index is 2.08. The maximum absolute atomic E-state index is 12.1. The minimum atomic E-state index is -0.611. The van der Waals surface area contributed by atoms with Crippen LogP contribution in [0.4, 0.5) is 0 Å². The van der Waals surface area contributed by atoms with Gasteiger partial charge in [-0.1, -0.05) is 0 Å². The molecular formula is C13H22N2O4. The van der Waals surface area contributed by atoms with Gasteiger partial charge >= 0.3 is 11.9 Å². The summed E-state index contributed by atoms with van der Waals surface area (Å²) in [5, 5.41) is 3.16. The van der Waals surface area contributed by atoms with E-state index in [0.717, 1.165) is 19.4 Å². The number of piperidine rings is 3. The Labute approximate surface area is 113 Å². The van der Waals surface area contributed by atoms with Crippen molar-refractivity contribution in [3.05, 3.63) is 0 Å². The summed E-state index contributed by atoms with van der Waals surface area (Å²) < 4.78 is 10.1. The van der Waals surface area contributed by atoms with E-state index in [0.29, 0.717) is 13.2 Å². The third kappa shape index (κ3) is 2.47. The summed E-state index contributed by atoms with van der Waals surface area (Å²) in [5.41, 5.74) is -0.611. The van der Waals surface area contributed by atoms with Crippen LogP contribution in [0.15, 0.2) is 0 Å². The first-order valence-corrected chi connectivity index (χ1v) is 6.68. The molecule has 3 saturated heterocycles. The Morgan fingerprint density at radius 3 is 2.68 bits per heavy atom. The highest BCUT2D eigenvalue weighted by Crippen LogP contribution is 2.39. The monoisotopic (exact) mass is 270 g/mol. The molecule has 4 atom stereocenters. The van der Waals surface area contributed by atoms with Crippen molar-refractivity contribution in [3.8, 4) is 0 Å². The number of nitrogens with one attached hydrogen (secondary N) is 1. The number of carbonyl (C=O) groups excluding carboxylic acids is 2. The summed E-state index contributed by atoms with van der Waals surface area (Å²) in [6, 6.07) is 0.216. The molecule has 0 aliphatic carbocycles. The minimum absolute atomic E-state index is 0.198. The maximum atomic E-state index is 12.1. The highest BCUT2D eigenvalue weighted by molar-refractivity contribution is 5.82. The first-order chi connectivity index (χ1) is 9.03. The molecule has 3 fully saturated rings. The van der Waals surface area contributed by atoms with E-state index in [-0.39, 0.29) is 23.9 Å². The largest absolute Gasteiger partial charge is 0.468 e. The second-order valence-corrected chi connectivity index (χ2v) is 5.36. The van der Waals surface area contributed by atoms with Crippen LogP contribution in [0.1, 0.15) is 19.8 Å². The minimum Gasteiger partial charge on any atom is -0.468 e. The summed E-state index contributed by atoms with van der Waals surface area (Å²) in [6.45, 7) is 3.39. The molecule has 0 aromatic rings. The third-order valence-corrected chi connectivity index (χ3v) is 4.46. The number of likely N-dealkylation sites (N-methyl/N-ethyl adjacent to an activating group) is 1. The molecule has 3 aliphatic heterocycles. The molecule has 0 radical (unpaired) electrons. The highest BCUT2D eigenvalue weighted by atomic mass is 16.5. The summed E-state index contributed by atoms with van der Waals surface area (Å²) in [5.74, 6) is -0.221. The molecule has 0 aromatic carbocycles. The molecule has 6 nitrogen and oxygen atoms in total. The van der Waals surface area contributed by atoms with Gasteiger partial charge in [-0.05, 0) is 32.4 Å². The number of methoxy groups -OCH3 is 1. The van der Waals surface area contributed by atoms with Crippen molar-refractivity contribution in [1.82, 2.24) is 10.2 Å². The first kappa shape index (κ1) is 14.3. The van der Waals surface area contributed by atoms with Gasteiger partial charge in [0, 0.05) is 19.5 Å². The second-order valence-electron chi connectivity index (χ2n) is 5.36. The summed E-state index contributed by atoms with van der Waals surface area (Å²) >= 11 is 0. The number of esters is 2. The Morgan fingerprint density at radius 1 is 1.47 bits per heavy atom. The maximum Gasteiger partial charge on any atom is 0.327 e. The van der Waals surface area contributed by atoms with Gasteiger partial charge in [0.25, 0.3) is 0 Å². The molecule has 0 aromatic heterocycles. The third-order valence-electron chi connectivity index (χ3n) is 4.46. The molecule has 0 saturated carbocycles. The van der Waals surface area contributed by atoms with Gasteiger partial charge in [0.05, 0.1) is 7.11 Å². The second kappa shape index (κ2) is 5.46. The average Bonchev–Trinajstić information content (AvgIpc) is 2.44. The van der Waals surface area contributed by atoms with Gasteiger partial charge in [0.15, 0.2) is 0 Å². The molecule has 3 aliphatic rings. The molecule has 0 amide bonds. The van der Waals surface area contributed by atoms with Crippen LogP contribution in [0, 0.1) is 5.92 Å². The molecular weight excluding hydrogens is 248 g/mol. The van der Waals surface area contributed by atoms with E-state index < -0.39 is 5.54 Å². The lowest BCUT2D eigenvalue weighted by Gasteiger charge is -2.54. The molecule has 108 valence electrons. The lowest BCUT2D eigenvalue weighted by molar-refractivity contribution is -0.163. The zero-order chi connectivity index (χ0) is 14.0. The summed E-state index contributed by atoms with van der Waals surface area (Å²) in [6.07, 6.45) is 1.82. The van der Waals surface area contributed by atoms with E-state index in [1.165, 1.54) is 14.0 Å². The summed E-state index contributed by atoms with van der Waals surface area (Å²) in [7, 11) is 3.23. The van der Waals surface area contributed by atoms with Gasteiger partial charge < -0.3 is 14.8 Å². The van der Waals surface area contributed by atoms with Crippen LogP contribution < -0.4 is 5.32 Å². The molecule has 3 rings (SSSR count). The molecule has 6 heteroatoms. The quantitative estimate of drug-likeness (QED) is 0.712. The number of ether oxygens (including phenoxy) is 2. The Bertz CT molecular complexity index is 374. The van der Waals surface area contributed by atoms with Crippen molar-refractivity contribution in [1.29, 1.82) is 0 Å². The van der Waals surface area contributed by atoms with Gasteiger partial charge in [-0.15, -0.1) is 0 Å². The number of rotatable bonds is 4. The SMILES string of the molecule is CNC1(C(=O)OC)CN2CCC1CC2COC(C)=O. The molecule has 1 N–H and O–H groups in total. The fourth-order valence-electron chi connectivity index (χ4n) is 3.39. The number of hydrogen-bond acceptors (Lipinski definition) is 6. The number of carbonyl (C=O) groups is 2. The smallest absolute Gasteiger partial charge is 0.327 e. The van der Waals surface area contributed by atoms with Crippen molar-refractivity contribution < 1.29 is 19.1 Å². The Hall–Kier alpha value is -1.14. The predicted octanol–water partition coefficient (Wildman–Crippen LogP) is -0.225. The van der Waals surface area contributed by atoms with Crippen LogP contribution in [0.2, 0.25) is 0 Å². The van der Waals surface area contributed by atoms with Crippen molar-refractivity contribution >= 4 is 11.9 Å². The zero-order valence-electron chi connectivity index (χ0n) is 11.8. The van der Waals surface area contributed by atoms with Gasteiger partial charge in [0.2, 0.25) is 0 Å². The Kier molecular flexibility index (Phi) is 4.10. The first-order valence-electron chi connectivity index (χ1n) is 6.68. The lowest BCUT2D eigenvalue weighted by atomic mass is 9.70. The molecule has 3 heterocycles. The molecule has 0 spiro atoms. The fourth-order valence-corrected chi connectivity index (χ4v) is 3.39. The van der Waals surface area contributed by atoms with Crippen LogP contribution in [0.25, 0.3) is 0 Å². The topological polar surface area (TPSA) is 67.9 Å². The van der Waals surface area contributed by atoms with Gasteiger partial charge in [-0.2, -0.15) is 0 Å². The highest BCUT2D eigenvalue weighted by Gasteiger charge is 2.54. The van der Waals surface area contributed by atoms with E-state index in [9.17, 15) is 9.59 Å². The normalized spacial score (nSPS) is 36.9. The average molecular weight is 270 g/mol. The Morgan fingerprint density at radius 2 is 2.21 bits per heavy atom. The zero-order valence-corrected chi connectivity index (χ0v) is 11.8. The van der Waals surface area contributed by atoms with Crippen LogP contribution in [-0.4, -0.2) is 62.3 Å². The van der Waals surface area contributed by atoms with Crippen molar-refractivity contribution in [3.63, 3.8) is 0 Å².